The van der Waals surface area contributed by atoms with Gasteiger partial charge >= 0.3 is 5.97 Å². The van der Waals surface area contributed by atoms with Gasteiger partial charge in [-0.2, -0.15) is 0 Å². The summed E-state index contributed by atoms with van der Waals surface area (Å²) in [6.07, 6.45) is -9.91. The Morgan fingerprint density at radius 1 is 0.819 bits per heavy atom. The van der Waals surface area contributed by atoms with Crippen LogP contribution in [0, 0.1) is 35.5 Å². The lowest BCUT2D eigenvalue weighted by atomic mass is 9.54. The van der Waals surface area contributed by atoms with Gasteiger partial charge in [-0.25, -0.2) is 0 Å². The van der Waals surface area contributed by atoms with Crippen LogP contribution in [0.1, 0.15) is 119 Å². The number of ether oxygens (including phenoxy) is 6. The molecule has 83 heavy (non-hydrogen) atoms. The summed E-state index contributed by atoms with van der Waals surface area (Å²) in [7, 11) is 8.18. The van der Waals surface area contributed by atoms with Crippen molar-refractivity contribution in [3.8, 4) is 5.75 Å². The third kappa shape index (κ3) is 12.2. The first-order valence-corrected chi connectivity index (χ1v) is 28.5. The number of benzene rings is 1. The number of likely N-dealkylation sites (N-methyl/N-ethyl adjacent to an activating group) is 2. The monoisotopic (exact) mass is 1180 g/mol. The third-order valence-corrected chi connectivity index (χ3v) is 18.8. The Labute approximate surface area is 485 Å². The maximum Gasteiger partial charge on any atom is 0.311 e. The maximum atomic E-state index is 14.1. The van der Waals surface area contributed by atoms with Gasteiger partial charge < -0.3 is 90.1 Å². The number of carbonyl (C=O) groups excluding carboxylic acids is 5. The predicted molar refractivity (Wildman–Crippen MR) is 296 cm³/mol. The molecule has 23 atom stereocenters. The number of esters is 1. The van der Waals surface area contributed by atoms with Crippen LogP contribution in [0.25, 0.3) is 5.76 Å². The van der Waals surface area contributed by atoms with Crippen LogP contribution in [-0.4, -0.2) is 221 Å². The minimum absolute atomic E-state index is 0.0936. The molecule has 12 N–H and O–H groups in total. The molecule has 0 radical (unpaired) electrons. The number of rotatable bonds is 9. The summed E-state index contributed by atoms with van der Waals surface area (Å²) in [5.74, 6) is -12.9. The number of fused-ring (bicyclic) bond motifs is 3. The van der Waals surface area contributed by atoms with Crippen molar-refractivity contribution in [2.45, 2.75) is 210 Å². The summed E-state index contributed by atoms with van der Waals surface area (Å²) in [4.78, 5) is 69.8. The number of aliphatic hydroxyl groups excluding tert-OH is 5. The van der Waals surface area contributed by atoms with Crippen molar-refractivity contribution < 1.29 is 103 Å². The number of nitrogens with two attached hydrogens (primary N) is 1. The number of phenolic OH excluding ortho intramolecular Hbond substituents is 1. The molecule has 1 saturated carbocycles. The molecule has 3 saturated heterocycles. The van der Waals surface area contributed by atoms with E-state index in [1.54, 1.807) is 41.5 Å². The van der Waals surface area contributed by atoms with E-state index in [0.717, 1.165) is 0 Å². The summed E-state index contributed by atoms with van der Waals surface area (Å²) in [5, 5.41) is 113. The van der Waals surface area contributed by atoms with Gasteiger partial charge in [0.1, 0.15) is 52.5 Å². The fraction of sp³-hybridized carbons (Fsp3) is 0.746. The highest BCUT2D eigenvalue weighted by molar-refractivity contribution is 6.24. The van der Waals surface area contributed by atoms with Crippen molar-refractivity contribution in [3.63, 3.8) is 0 Å². The van der Waals surface area contributed by atoms with Gasteiger partial charge in [-0.1, -0.05) is 39.8 Å². The second kappa shape index (κ2) is 24.7. The highest BCUT2D eigenvalue weighted by atomic mass is 16.7. The van der Waals surface area contributed by atoms with Crippen molar-refractivity contribution in [3.05, 3.63) is 46.2 Å². The topological polar surface area (TPSA) is 376 Å². The smallest absolute Gasteiger partial charge is 0.311 e. The number of carbonyl (C=O) groups is 5. The molecule has 6 aliphatic rings. The van der Waals surface area contributed by atoms with Crippen LogP contribution in [0.4, 0.5) is 0 Å². The van der Waals surface area contributed by atoms with E-state index in [-0.39, 0.29) is 49.0 Å². The first-order valence-electron chi connectivity index (χ1n) is 28.5. The molecule has 4 fully saturated rings. The van der Waals surface area contributed by atoms with E-state index in [4.69, 9.17) is 34.2 Å². The standard InChI is InChI=1S/C37H67NO13.C22H24N2O8/c1-14-25-37(10,45)30(41)20(4)27(39)18(2)16-35(8,44)32(51-34-28(40)24(38(11)12)15-19(3)47-34)21(5)29(22(6)33(43)49-25)50-26-17-36(9,46-13)31(42)23(7)48-26;1-21(31)8-5-4-6-11(25)12(8)16(26)13-9(21)7-10-15(24(2)3)17(27)14(20(23)30)19(29)22(10,32)18(13)28/h18-26,28-32,34,40-42,44-45H,14-17H2,1-13H3;4-6,9-10,15,25-26,29,31-32H,7H2,1-3H3,(H2,23,30)/t18-,19-,20+,21+,22-,23+,24+,25-,26+,28-,29+,30-,31+,32-,34+,35-,36-,37-;9-,10-,15-,21+,22-/m10/s1. The summed E-state index contributed by atoms with van der Waals surface area (Å²) >= 11 is 0. The lowest BCUT2D eigenvalue weighted by Gasteiger charge is -2.53. The molecule has 1 amide bonds. The predicted octanol–water partition coefficient (Wildman–Crippen LogP) is 1.41. The Morgan fingerprint density at radius 2 is 1.43 bits per heavy atom. The molecule has 3 aliphatic heterocycles. The van der Waals surface area contributed by atoms with E-state index >= 15 is 0 Å². The zero-order valence-corrected chi connectivity index (χ0v) is 50.6. The number of primary amides is 1. The van der Waals surface area contributed by atoms with Gasteiger partial charge in [-0.3, -0.25) is 28.9 Å². The zero-order valence-electron chi connectivity index (χ0n) is 50.6. The van der Waals surface area contributed by atoms with Gasteiger partial charge in [0.05, 0.1) is 64.8 Å². The number of ketones is 3. The van der Waals surface area contributed by atoms with E-state index in [0.29, 0.717) is 6.42 Å². The third-order valence-electron chi connectivity index (χ3n) is 18.8. The number of cyclic esters (lactones) is 1. The molecule has 0 unspecified atom stereocenters. The molecule has 24 nitrogen and oxygen atoms in total. The Hall–Kier alpha value is -4.51. The van der Waals surface area contributed by atoms with E-state index in [2.05, 4.69) is 0 Å². The summed E-state index contributed by atoms with van der Waals surface area (Å²) in [5.41, 5.74) is -5.39. The van der Waals surface area contributed by atoms with E-state index in [1.807, 2.05) is 25.9 Å². The molecular formula is C59H91N3O21. The first kappa shape index (κ1) is 67.6. The second-order valence-corrected chi connectivity index (χ2v) is 25.4. The Balaban J connectivity index is 0.000000294. The van der Waals surface area contributed by atoms with Gasteiger partial charge in [0.2, 0.25) is 5.78 Å². The molecule has 7 rings (SSSR count). The van der Waals surface area contributed by atoms with Crippen molar-refractivity contribution in [2.24, 2.45) is 41.2 Å². The van der Waals surface area contributed by atoms with Crippen LogP contribution in [0.3, 0.4) is 0 Å². The summed E-state index contributed by atoms with van der Waals surface area (Å²) in [6, 6.07) is 2.69. The van der Waals surface area contributed by atoms with Gasteiger partial charge in [-0.15, -0.1) is 0 Å². The van der Waals surface area contributed by atoms with Crippen molar-refractivity contribution in [1.82, 2.24) is 9.80 Å². The average molecular weight is 1180 g/mol. The number of aliphatic hydroxyl groups is 9. The van der Waals surface area contributed by atoms with E-state index < -0.39 is 183 Å². The Kier molecular flexibility index (Phi) is 20.1. The molecule has 24 heteroatoms. The number of nitrogens with zero attached hydrogens (tertiary/aromatic N) is 2. The van der Waals surface area contributed by atoms with Crippen molar-refractivity contribution in [1.29, 1.82) is 0 Å². The number of hydrogen-bond acceptors (Lipinski definition) is 23. The highest BCUT2D eigenvalue weighted by Crippen LogP contribution is 2.57. The summed E-state index contributed by atoms with van der Waals surface area (Å²) in [6.45, 7) is 17.7. The molecule has 3 heterocycles. The molecule has 468 valence electrons. The van der Waals surface area contributed by atoms with Gasteiger partial charge in [0.25, 0.3) is 5.91 Å². The number of hydrogen-bond donors (Lipinski definition) is 11. The van der Waals surface area contributed by atoms with Crippen LogP contribution in [0.2, 0.25) is 0 Å². The van der Waals surface area contributed by atoms with Crippen LogP contribution in [0.5, 0.6) is 5.75 Å². The minimum Gasteiger partial charge on any atom is -0.508 e. The molecule has 1 aromatic carbocycles. The fourth-order valence-corrected chi connectivity index (χ4v) is 13.9. The van der Waals surface area contributed by atoms with Crippen LogP contribution in [-0.2, 0) is 58.0 Å². The Morgan fingerprint density at radius 3 is 1.99 bits per heavy atom. The largest absolute Gasteiger partial charge is 0.508 e. The molecule has 0 aromatic heterocycles. The van der Waals surface area contributed by atoms with Crippen LogP contribution in [0.15, 0.2) is 35.1 Å². The van der Waals surface area contributed by atoms with Gasteiger partial charge in [0.15, 0.2) is 24.0 Å². The van der Waals surface area contributed by atoms with Crippen molar-refractivity contribution in [2.75, 3.05) is 35.3 Å². The van der Waals surface area contributed by atoms with E-state index in [9.17, 15) is 75.0 Å². The minimum atomic E-state index is -2.75. The SMILES string of the molecule is CC[C@H]1OC(=O)[C@H](C)[C@@H](O[C@H]2C[C@@](C)(OC)[C@@H](O)[C@H](C)O2)[C@H](C)[C@@H](O[C@@H]2O[C@H](C)C[C@H](N(C)C)[C@H]2O)[C@](C)(O)C[C@@H](C)C(=O)[C@H](C)[C@@H](O)[C@]1(C)O.CN(C)[C@@H]1C(=O)C(C(N)=O)=C(O)[C@@]2(O)C(=O)C3=C(O)c4c(O)cccc4[C@@](C)(O)[C@H]3C[C@@H]12. The second-order valence-electron chi connectivity index (χ2n) is 25.4. The summed E-state index contributed by atoms with van der Waals surface area (Å²) < 4.78 is 37.1. The maximum absolute atomic E-state index is 14.1. The number of amides is 1. The Bertz CT molecular complexity index is 2670. The quantitative estimate of drug-likeness (QED) is 0.123. The highest BCUT2D eigenvalue weighted by Gasteiger charge is 2.67. The average Bonchev–Trinajstić information content (AvgIpc) is 0.774. The molecule has 3 aliphatic carbocycles. The number of Topliss-reactive ketones (excluding diaryl/α,β-unsaturated/α-hetero) is 3. The lowest BCUT2D eigenvalue weighted by molar-refractivity contribution is -0.318. The van der Waals surface area contributed by atoms with Gasteiger partial charge in [-0.05, 0) is 114 Å². The number of phenols is 1. The fourth-order valence-electron chi connectivity index (χ4n) is 13.9. The first-order chi connectivity index (χ1) is 38.2. The lowest BCUT2D eigenvalue weighted by Crippen LogP contribution is -2.67. The zero-order chi connectivity index (χ0) is 62.9. The number of aromatic hydroxyl groups is 1. The normalized spacial score (nSPS) is 43.8. The molecule has 0 spiro atoms. The van der Waals surface area contributed by atoms with Crippen molar-refractivity contribution >= 4 is 35.0 Å². The van der Waals surface area contributed by atoms with Crippen LogP contribution >= 0.6 is 0 Å². The van der Waals surface area contributed by atoms with E-state index in [1.165, 1.54) is 72.0 Å². The van der Waals surface area contributed by atoms with Gasteiger partial charge in [0, 0.05) is 54.7 Å². The molecule has 1 aromatic rings. The molecular weight excluding hydrogens is 1090 g/mol. The molecule has 0 bridgehead atoms. The van der Waals surface area contributed by atoms with Crippen LogP contribution < -0.4 is 5.73 Å². The number of methoxy groups -OCH3 is 1.